The topological polar surface area (TPSA) is 46.3 Å². The number of halogens is 3. The maximum absolute atomic E-state index is 13.0. The van der Waals surface area contributed by atoms with E-state index in [1.165, 1.54) is 4.90 Å². The molecule has 2 N–H and O–H groups in total. The third-order valence-electron chi connectivity index (χ3n) is 2.53. The molecule has 6 heteroatoms. The first kappa shape index (κ1) is 14.5. The van der Waals surface area contributed by atoms with Gasteiger partial charge in [0, 0.05) is 18.7 Å². The number of hydrogen-bond donors (Lipinski definition) is 1. The molecular weight excluding hydrogens is 245 g/mol. The van der Waals surface area contributed by atoms with E-state index in [0.29, 0.717) is 38.2 Å². The van der Waals surface area contributed by atoms with E-state index in [1.54, 1.807) is 6.92 Å². The lowest BCUT2D eigenvalue weighted by Crippen LogP contribution is -2.33. The summed E-state index contributed by atoms with van der Waals surface area (Å²) in [7, 11) is 0. The van der Waals surface area contributed by atoms with E-state index < -0.39 is 23.4 Å². The van der Waals surface area contributed by atoms with E-state index >= 15 is 0 Å². The fourth-order valence-electron chi connectivity index (χ4n) is 1.55. The molecule has 0 unspecified atom stereocenters. The second kappa shape index (κ2) is 6.39. The Morgan fingerprint density at radius 1 is 1.28 bits per heavy atom. The summed E-state index contributed by atoms with van der Waals surface area (Å²) in [6.45, 7) is 2.94. The van der Waals surface area contributed by atoms with Crippen molar-refractivity contribution in [2.45, 2.75) is 13.3 Å². The average molecular weight is 260 g/mol. The van der Waals surface area contributed by atoms with E-state index in [9.17, 15) is 18.0 Å². The molecule has 0 heterocycles. The molecule has 1 amide bonds. The van der Waals surface area contributed by atoms with Crippen molar-refractivity contribution in [2.75, 3.05) is 19.6 Å². The van der Waals surface area contributed by atoms with E-state index in [1.807, 2.05) is 0 Å². The summed E-state index contributed by atoms with van der Waals surface area (Å²) < 4.78 is 38.8. The smallest absolute Gasteiger partial charge is 0.254 e. The maximum atomic E-state index is 13.0. The number of rotatable bonds is 5. The molecule has 0 aromatic heterocycles. The zero-order valence-electron chi connectivity index (χ0n) is 10.0. The van der Waals surface area contributed by atoms with Crippen LogP contribution >= 0.6 is 0 Å². The van der Waals surface area contributed by atoms with Crippen LogP contribution < -0.4 is 5.73 Å². The van der Waals surface area contributed by atoms with Crippen LogP contribution in [0.5, 0.6) is 0 Å². The van der Waals surface area contributed by atoms with E-state index in [-0.39, 0.29) is 5.56 Å². The lowest BCUT2D eigenvalue weighted by atomic mass is 10.1. The number of carbonyl (C=O) groups excluding carboxylic acids is 1. The van der Waals surface area contributed by atoms with Gasteiger partial charge in [0.2, 0.25) is 0 Å². The van der Waals surface area contributed by atoms with Crippen molar-refractivity contribution < 1.29 is 18.0 Å². The quantitative estimate of drug-likeness (QED) is 0.822. The minimum Gasteiger partial charge on any atom is -0.339 e. The zero-order valence-corrected chi connectivity index (χ0v) is 10.0. The zero-order chi connectivity index (χ0) is 13.7. The number of hydrogen-bond acceptors (Lipinski definition) is 2. The summed E-state index contributed by atoms with van der Waals surface area (Å²) in [6, 6.07) is 1.40. The van der Waals surface area contributed by atoms with Gasteiger partial charge in [-0.3, -0.25) is 4.79 Å². The predicted molar refractivity (Wildman–Crippen MR) is 61.6 cm³/mol. The summed E-state index contributed by atoms with van der Waals surface area (Å²) in [6.07, 6.45) is 0.589. The van der Waals surface area contributed by atoms with Gasteiger partial charge in [0.05, 0.1) is 0 Å². The summed E-state index contributed by atoms with van der Waals surface area (Å²) >= 11 is 0. The largest absolute Gasteiger partial charge is 0.339 e. The van der Waals surface area contributed by atoms with Gasteiger partial charge < -0.3 is 10.6 Å². The van der Waals surface area contributed by atoms with E-state index in [2.05, 4.69) is 0 Å². The second-order valence-electron chi connectivity index (χ2n) is 3.78. The molecule has 0 saturated heterocycles. The van der Waals surface area contributed by atoms with Crippen molar-refractivity contribution in [1.29, 1.82) is 0 Å². The van der Waals surface area contributed by atoms with Crippen LogP contribution in [-0.2, 0) is 0 Å². The first-order chi connectivity index (χ1) is 8.51. The molecule has 0 spiro atoms. The minimum absolute atomic E-state index is 0.203. The highest BCUT2D eigenvalue weighted by atomic mass is 19.2. The predicted octanol–water partition coefficient (Wildman–Crippen LogP) is 1.91. The van der Waals surface area contributed by atoms with Gasteiger partial charge >= 0.3 is 0 Å². The van der Waals surface area contributed by atoms with Gasteiger partial charge in [-0.15, -0.1) is 0 Å². The monoisotopic (exact) mass is 260 g/mol. The van der Waals surface area contributed by atoms with Gasteiger partial charge in [-0.05, 0) is 32.0 Å². The molecule has 0 atom stereocenters. The van der Waals surface area contributed by atoms with E-state index in [4.69, 9.17) is 5.73 Å². The third kappa shape index (κ3) is 3.22. The van der Waals surface area contributed by atoms with Crippen molar-refractivity contribution in [3.8, 4) is 0 Å². The highest BCUT2D eigenvalue weighted by Crippen LogP contribution is 2.15. The lowest BCUT2D eigenvalue weighted by molar-refractivity contribution is 0.0762. The molecule has 0 fully saturated rings. The fraction of sp³-hybridized carbons (Fsp3) is 0.417. The van der Waals surface area contributed by atoms with E-state index in [0.717, 1.165) is 0 Å². The maximum Gasteiger partial charge on any atom is 0.254 e. The van der Waals surface area contributed by atoms with Crippen LogP contribution in [0.15, 0.2) is 12.1 Å². The van der Waals surface area contributed by atoms with Crippen LogP contribution in [0.25, 0.3) is 0 Å². The Bertz CT molecular complexity index is 414. The van der Waals surface area contributed by atoms with Gasteiger partial charge in [-0.25, -0.2) is 13.2 Å². The Hall–Kier alpha value is -1.56. The molecule has 1 rings (SSSR count). The molecule has 18 heavy (non-hydrogen) atoms. The van der Waals surface area contributed by atoms with Crippen LogP contribution in [0.3, 0.4) is 0 Å². The third-order valence-corrected chi connectivity index (χ3v) is 2.53. The summed E-state index contributed by atoms with van der Waals surface area (Å²) in [4.78, 5) is 13.3. The molecule has 0 aliphatic heterocycles. The van der Waals surface area contributed by atoms with Gasteiger partial charge in [0.1, 0.15) is 0 Å². The molecular formula is C12H15F3N2O. The van der Waals surface area contributed by atoms with Gasteiger partial charge in [0.15, 0.2) is 17.5 Å². The Labute approximate surface area is 103 Å². The minimum atomic E-state index is -1.57. The summed E-state index contributed by atoms with van der Waals surface area (Å²) in [5.74, 6) is -4.85. The lowest BCUT2D eigenvalue weighted by Gasteiger charge is -2.20. The first-order valence-corrected chi connectivity index (χ1v) is 5.65. The first-order valence-electron chi connectivity index (χ1n) is 5.65. The number of carbonyl (C=O) groups is 1. The molecule has 0 radical (unpaired) electrons. The normalized spacial score (nSPS) is 10.5. The van der Waals surface area contributed by atoms with Crippen LogP contribution in [0, 0.1) is 17.5 Å². The molecule has 0 aliphatic carbocycles. The standard InChI is InChI=1S/C12H15F3N2O/c1-2-17(5-3-4-16)12(18)8-6-9(13)11(15)10(14)7-8/h6-7H,2-5,16H2,1H3. The highest BCUT2D eigenvalue weighted by Gasteiger charge is 2.18. The van der Waals surface area contributed by atoms with Crippen molar-refractivity contribution in [2.24, 2.45) is 5.73 Å². The molecule has 100 valence electrons. The number of nitrogens with zero attached hydrogens (tertiary/aromatic N) is 1. The Morgan fingerprint density at radius 3 is 2.28 bits per heavy atom. The molecule has 0 bridgehead atoms. The second-order valence-corrected chi connectivity index (χ2v) is 3.78. The summed E-state index contributed by atoms with van der Waals surface area (Å²) in [5, 5.41) is 0. The van der Waals surface area contributed by atoms with Crippen LogP contribution in [0.2, 0.25) is 0 Å². The Balaban J connectivity index is 2.95. The Morgan fingerprint density at radius 2 is 1.83 bits per heavy atom. The number of benzene rings is 1. The SMILES string of the molecule is CCN(CCCN)C(=O)c1cc(F)c(F)c(F)c1. The van der Waals surface area contributed by atoms with Crippen molar-refractivity contribution in [3.63, 3.8) is 0 Å². The number of amides is 1. The highest BCUT2D eigenvalue weighted by molar-refractivity contribution is 5.94. The molecule has 1 aromatic carbocycles. The van der Waals surface area contributed by atoms with Gasteiger partial charge in [-0.1, -0.05) is 0 Å². The summed E-state index contributed by atoms with van der Waals surface area (Å²) in [5.41, 5.74) is 5.13. The molecule has 3 nitrogen and oxygen atoms in total. The Kier molecular flexibility index (Phi) is 5.15. The van der Waals surface area contributed by atoms with Crippen molar-refractivity contribution in [1.82, 2.24) is 4.90 Å². The van der Waals surface area contributed by atoms with Gasteiger partial charge in [-0.2, -0.15) is 0 Å². The van der Waals surface area contributed by atoms with Gasteiger partial charge in [0.25, 0.3) is 5.91 Å². The molecule has 0 aliphatic rings. The van der Waals surface area contributed by atoms with Crippen molar-refractivity contribution in [3.05, 3.63) is 35.1 Å². The van der Waals surface area contributed by atoms with Crippen LogP contribution in [0.1, 0.15) is 23.7 Å². The molecule has 1 aromatic rings. The van der Waals surface area contributed by atoms with Crippen LogP contribution in [0.4, 0.5) is 13.2 Å². The van der Waals surface area contributed by atoms with Crippen LogP contribution in [-0.4, -0.2) is 30.4 Å². The van der Waals surface area contributed by atoms with Crippen molar-refractivity contribution >= 4 is 5.91 Å². The number of nitrogens with two attached hydrogens (primary N) is 1. The molecule has 0 saturated carbocycles. The average Bonchev–Trinajstić information content (AvgIpc) is 2.36. The fourth-order valence-corrected chi connectivity index (χ4v) is 1.55.